The molecule has 0 radical (unpaired) electrons. The molecule has 1 saturated carbocycles. The number of nitrogens with one attached hydrogen (secondary N) is 2. The summed E-state index contributed by atoms with van der Waals surface area (Å²) in [5.41, 5.74) is 2.79. The molecule has 0 aromatic carbocycles. The van der Waals surface area contributed by atoms with Crippen molar-refractivity contribution in [2.24, 2.45) is 0 Å². The fourth-order valence-corrected chi connectivity index (χ4v) is 3.29. The highest BCUT2D eigenvalue weighted by Crippen LogP contribution is 2.30. The van der Waals surface area contributed by atoms with Crippen molar-refractivity contribution in [3.63, 3.8) is 0 Å². The van der Waals surface area contributed by atoms with Crippen LogP contribution in [-0.4, -0.2) is 25.4 Å². The van der Waals surface area contributed by atoms with Gasteiger partial charge in [0.05, 0.1) is 0 Å². The van der Waals surface area contributed by atoms with Crippen molar-refractivity contribution in [1.29, 1.82) is 0 Å². The molecule has 3 heterocycles. The summed E-state index contributed by atoms with van der Waals surface area (Å²) in [7, 11) is 0. The fourth-order valence-electron chi connectivity index (χ4n) is 3.29. The second kappa shape index (κ2) is 5.48. The third-order valence-corrected chi connectivity index (χ3v) is 4.42. The van der Waals surface area contributed by atoms with Gasteiger partial charge in [-0.15, -0.1) is 0 Å². The number of rotatable bonds is 3. The number of fused-ring (bicyclic) bond motifs is 1. The number of imidazole rings is 2. The molecule has 0 saturated heterocycles. The van der Waals surface area contributed by atoms with Crippen LogP contribution in [0.4, 0.5) is 5.82 Å². The Morgan fingerprint density at radius 1 is 1.18 bits per heavy atom. The molecule has 0 bridgehead atoms. The Balaban J connectivity index is 1.79. The van der Waals surface area contributed by atoms with Gasteiger partial charge in [-0.05, 0) is 31.9 Å². The Labute approximate surface area is 129 Å². The molecule has 0 atom stereocenters. The van der Waals surface area contributed by atoms with Crippen molar-refractivity contribution in [2.45, 2.75) is 45.1 Å². The van der Waals surface area contributed by atoms with E-state index in [1.54, 1.807) is 0 Å². The van der Waals surface area contributed by atoms with E-state index in [0.29, 0.717) is 6.04 Å². The van der Waals surface area contributed by atoms with E-state index < -0.39 is 0 Å². The highest BCUT2D eigenvalue weighted by molar-refractivity contribution is 5.74. The lowest BCUT2D eigenvalue weighted by atomic mass is 9.95. The standard InChI is InChI=1S/C17H21N5/c1-12-18-11-14(19-12)16-17(20-13-7-3-2-4-8-13)22-10-6-5-9-15(22)21-16/h5-6,9-11,13,20H,2-4,7-8H2,1H3,(H,18,19). The second-order valence-electron chi connectivity index (χ2n) is 6.09. The Hall–Kier alpha value is -2.30. The first-order chi connectivity index (χ1) is 10.8. The first-order valence-electron chi connectivity index (χ1n) is 8.07. The SMILES string of the molecule is Cc1nc(-c2nc3ccccn3c2NC2CCCCC2)c[nH]1. The van der Waals surface area contributed by atoms with E-state index in [1.165, 1.54) is 32.1 Å². The minimum atomic E-state index is 0.535. The van der Waals surface area contributed by atoms with Gasteiger partial charge in [-0.1, -0.05) is 25.3 Å². The van der Waals surface area contributed by atoms with E-state index in [9.17, 15) is 0 Å². The van der Waals surface area contributed by atoms with Crippen molar-refractivity contribution < 1.29 is 0 Å². The number of hydrogen-bond donors (Lipinski definition) is 2. The van der Waals surface area contributed by atoms with Gasteiger partial charge in [0, 0.05) is 18.4 Å². The van der Waals surface area contributed by atoms with Crippen LogP contribution in [-0.2, 0) is 0 Å². The average Bonchev–Trinajstić information content (AvgIpc) is 3.13. The minimum Gasteiger partial charge on any atom is -0.367 e. The van der Waals surface area contributed by atoms with Crippen molar-refractivity contribution in [3.05, 3.63) is 36.4 Å². The zero-order chi connectivity index (χ0) is 14.9. The fraction of sp³-hybridized carbons (Fsp3) is 0.412. The molecule has 4 rings (SSSR count). The summed E-state index contributed by atoms with van der Waals surface area (Å²) in [5.74, 6) is 1.98. The van der Waals surface area contributed by atoms with Crippen LogP contribution in [0.1, 0.15) is 37.9 Å². The number of H-pyrrole nitrogens is 1. The van der Waals surface area contributed by atoms with Gasteiger partial charge in [-0.2, -0.15) is 0 Å². The highest BCUT2D eigenvalue weighted by atomic mass is 15.2. The summed E-state index contributed by atoms with van der Waals surface area (Å²) in [6, 6.07) is 6.63. The molecule has 0 amide bonds. The van der Waals surface area contributed by atoms with Gasteiger partial charge in [0.1, 0.15) is 28.7 Å². The number of anilines is 1. The van der Waals surface area contributed by atoms with Crippen LogP contribution in [0.3, 0.4) is 0 Å². The maximum atomic E-state index is 4.78. The number of pyridine rings is 1. The van der Waals surface area contributed by atoms with Crippen molar-refractivity contribution in [3.8, 4) is 11.4 Å². The molecule has 0 aliphatic heterocycles. The zero-order valence-electron chi connectivity index (χ0n) is 12.8. The van der Waals surface area contributed by atoms with Gasteiger partial charge in [0.15, 0.2) is 0 Å². The molecule has 0 unspecified atom stereocenters. The van der Waals surface area contributed by atoms with Crippen molar-refractivity contribution in [1.82, 2.24) is 19.4 Å². The highest BCUT2D eigenvalue weighted by Gasteiger charge is 2.20. The zero-order valence-corrected chi connectivity index (χ0v) is 12.8. The molecule has 3 aromatic heterocycles. The van der Waals surface area contributed by atoms with Crippen LogP contribution in [0.25, 0.3) is 17.0 Å². The summed E-state index contributed by atoms with van der Waals surface area (Å²) in [4.78, 5) is 12.5. The third kappa shape index (κ3) is 2.36. The van der Waals surface area contributed by atoms with Gasteiger partial charge in [-0.25, -0.2) is 9.97 Å². The minimum absolute atomic E-state index is 0.535. The summed E-state index contributed by atoms with van der Waals surface area (Å²) in [6.45, 7) is 1.97. The maximum Gasteiger partial charge on any atom is 0.140 e. The lowest BCUT2D eigenvalue weighted by molar-refractivity contribution is 0.462. The molecule has 5 nitrogen and oxygen atoms in total. The Morgan fingerprint density at radius 2 is 2.05 bits per heavy atom. The number of hydrogen-bond acceptors (Lipinski definition) is 3. The lowest BCUT2D eigenvalue weighted by Gasteiger charge is -2.23. The van der Waals surface area contributed by atoms with Crippen LogP contribution in [0.2, 0.25) is 0 Å². The van der Waals surface area contributed by atoms with Crippen molar-refractivity contribution >= 4 is 11.5 Å². The van der Waals surface area contributed by atoms with Crippen LogP contribution >= 0.6 is 0 Å². The normalized spacial score (nSPS) is 16.2. The number of aromatic nitrogens is 4. The second-order valence-corrected chi connectivity index (χ2v) is 6.09. The predicted molar refractivity (Wildman–Crippen MR) is 88.0 cm³/mol. The molecule has 1 aliphatic carbocycles. The molecule has 2 N–H and O–H groups in total. The summed E-state index contributed by atoms with van der Waals surface area (Å²) < 4.78 is 2.13. The number of nitrogens with zero attached hydrogens (tertiary/aromatic N) is 3. The number of aryl methyl sites for hydroxylation is 1. The average molecular weight is 295 g/mol. The maximum absolute atomic E-state index is 4.78. The van der Waals surface area contributed by atoms with Crippen LogP contribution < -0.4 is 5.32 Å². The Morgan fingerprint density at radius 3 is 2.82 bits per heavy atom. The lowest BCUT2D eigenvalue weighted by Crippen LogP contribution is -2.23. The van der Waals surface area contributed by atoms with Gasteiger partial charge < -0.3 is 10.3 Å². The largest absolute Gasteiger partial charge is 0.367 e. The van der Waals surface area contributed by atoms with Crippen LogP contribution in [0.15, 0.2) is 30.6 Å². The van der Waals surface area contributed by atoms with Gasteiger partial charge in [-0.3, -0.25) is 4.40 Å². The first kappa shape index (κ1) is 13.4. The predicted octanol–water partition coefficient (Wildman–Crippen LogP) is 3.78. The molecule has 1 aliphatic rings. The van der Waals surface area contributed by atoms with Crippen LogP contribution in [0.5, 0.6) is 0 Å². The molecule has 0 spiro atoms. The molecule has 22 heavy (non-hydrogen) atoms. The van der Waals surface area contributed by atoms with Crippen LogP contribution in [0, 0.1) is 6.92 Å². The summed E-state index contributed by atoms with van der Waals surface area (Å²) in [5, 5.41) is 3.73. The summed E-state index contributed by atoms with van der Waals surface area (Å²) >= 11 is 0. The van der Waals surface area contributed by atoms with Gasteiger partial charge in [0.25, 0.3) is 0 Å². The molecular formula is C17H21N5. The molecule has 114 valence electrons. The van der Waals surface area contributed by atoms with Crippen molar-refractivity contribution in [2.75, 3.05) is 5.32 Å². The van der Waals surface area contributed by atoms with Gasteiger partial charge >= 0.3 is 0 Å². The van der Waals surface area contributed by atoms with E-state index in [0.717, 1.165) is 28.7 Å². The Bertz CT molecular complexity index is 779. The summed E-state index contributed by atoms with van der Waals surface area (Å²) in [6.07, 6.45) is 10.4. The van der Waals surface area contributed by atoms with E-state index in [2.05, 4.69) is 25.9 Å². The van der Waals surface area contributed by atoms with E-state index in [-0.39, 0.29) is 0 Å². The van der Waals surface area contributed by atoms with E-state index in [1.807, 2.05) is 31.3 Å². The van der Waals surface area contributed by atoms with Gasteiger partial charge in [0.2, 0.25) is 0 Å². The Kier molecular flexibility index (Phi) is 3.33. The monoisotopic (exact) mass is 295 g/mol. The number of aromatic amines is 1. The third-order valence-electron chi connectivity index (χ3n) is 4.42. The van der Waals surface area contributed by atoms with E-state index in [4.69, 9.17) is 4.98 Å². The molecule has 5 heteroatoms. The van der Waals surface area contributed by atoms with E-state index >= 15 is 0 Å². The smallest absolute Gasteiger partial charge is 0.140 e. The molecule has 3 aromatic rings. The topological polar surface area (TPSA) is 58.0 Å². The molecular weight excluding hydrogens is 274 g/mol. The molecule has 1 fully saturated rings. The first-order valence-corrected chi connectivity index (χ1v) is 8.07. The quantitative estimate of drug-likeness (QED) is 0.773.